The number of carbonyl (C=O) groups is 18. The summed E-state index contributed by atoms with van der Waals surface area (Å²) in [5.74, 6) is -19.7. The van der Waals surface area contributed by atoms with E-state index >= 15 is 38.4 Å². The van der Waals surface area contributed by atoms with Crippen molar-refractivity contribution >= 4 is 140 Å². The highest BCUT2D eigenvalue weighted by molar-refractivity contribution is 8.00. The summed E-state index contributed by atoms with van der Waals surface area (Å²) in [6, 6.07) is -0.184. The molecule has 16 amide bonds. The molecule has 139 heavy (non-hydrogen) atoms. The second kappa shape index (κ2) is 54.1. The van der Waals surface area contributed by atoms with Crippen LogP contribution in [0.15, 0.2) is 97.7 Å². The highest BCUT2D eigenvalue weighted by Gasteiger charge is 2.47. The van der Waals surface area contributed by atoms with Crippen LogP contribution in [-0.4, -0.2) is 316 Å². The van der Waals surface area contributed by atoms with Gasteiger partial charge in [-0.2, -0.15) is 0 Å². The molecule has 0 aliphatic carbocycles. The van der Waals surface area contributed by atoms with E-state index in [2.05, 4.69) is 67.8 Å². The third-order valence-electron chi connectivity index (χ3n) is 25.3. The van der Waals surface area contributed by atoms with Crippen LogP contribution in [0.5, 0.6) is 5.75 Å². The molecule has 9 rings (SSSR count). The molecule has 758 valence electrons. The lowest BCUT2D eigenvalue weighted by atomic mass is 9.90. The first-order chi connectivity index (χ1) is 65.9. The van der Waals surface area contributed by atoms with Crippen LogP contribution in [0, 0.1) is 5.92 Å². The van der Waals surface area contributed by atoms with Gasteiger partial charge < -0.3 is 126 Å². The van der Waals surface area contributed by atoms with Gasteiger partial charge in [0.05, 0.1) is 42.9 Å². The van der Waals surface area contributed by atoms with Crippen LogP contribution in [-0.2, 0) is 112 Å². The number of para-hydroxylation sites is 2. The number of phenolic OH excluding ortho intramolecular Hbond substituents is 1. The molecule has 15 atom stereocenters. The molecule has 3 saturated heterocycles. The number of aliphatic hydroxyl groups is 1. The normalized spacial score (nSPS) is 24.4. The second-order valence-electron chi connectivity index (χ2n) is 35.5. The van der Waals surface area contributed by atoms with E-state index < -0.39 is 247 Å². The van der Waals surface area contributed by atoms with Gasteiger partial charge in [-0.15, -0.1) is 11.8 Å². The fourth-order valence-corrected chi connectivity index (χ4v) is 18.3. The van der Waals surface area contributed by atoms with E-state index in [1.54, 1.807) is 48.8 Å². The number of ketones is 1. The van der Waals surface area contributed by atoms with E-state index in [4.69, 9.17) is 22.9 Å². The number of benzene rings is 3. The summed E-state index contributed by atoms with van der Waals surface area (Å²) in [6.45, 7) is 3.92. The number of thioether (sulfide) groups is 1. The molecule has 23 N–H and O–H groups in total. The number of aliphatic hydroxyl groups excluding tert-OH is 1. The van der Waals surface area contributed by atoms with E-state index in [1.165, 1.54) is 69.8 Å². The topological polar surface area (TPSA) is 657 Å². The molecule has 0 radical (unpaired) electrons. The van der Waals surface area contributed by atoms with Gasteiger partial charge in [-0.25, -0.2) is 4.98 Å². The van der Waals surface area contributed by atoms with Gasteiger partial charge in [-0.3, -0.25) is 86.3 Å². The summed E-state index contributed by atoms with van der Waals surface area (Å²) < 4.78 is 0. The lowest BCUT2D eigenvalue weighted by Crippen LogP contribution is -2.60. The minimum Gasteiger partial charge on any atom is -0.508 e. The number of nitrogens with zero attached hydrogens (tertiary/aromatic N) is 6. The van der Waals surface area contributed by atoms with Gasteiger partial charge in [0, 0.05) is 125 Å². The van der Waals surface area contributed by atoms with Crippen LogP contribution >= 0.6 is 11.8 Å². The van der Waals surface area contributed by atoms with Gasteiger partial charge in [0.1, 0.15) is 78.3 Å². The molecule has 0 spiro atoms. The molecular weight excluding hydrogens is 1820 g/mol. The number of phenols is 1. The van der Waals surface area contributed by atoms with E-state index in [-0.39, 0.29) is 128 Å². The lowest BCUT2D eigenvalue weighted by molar-refractivity contribution is -0.149. The monoisotopic (exact) mass is 1950 g/mol. The molecule has 3 aromatic carbocycles. The average Bonchev–Trinajstić information content (AvgIpc) is 1.75. The number of nitrogens with two attached hydrogens (primary N) is 4. The van der Waals surface area contributed by atoms with Crippen LogP contribution in [0.1, 0.15) is 173 Å². The Labute approximate surface area is 810 Å². The SMILES string of the molecule is C.CCCC[C@H]1C(=O)N(C)[C@@H](CCCC)C(=O)N[C@@H](CCC(=O)O)C(=O)N[C@H](C(=O)NCC(N)=O)CSCC(=O)N[C@@H](Cc2ccc(O)cc2)C(=O)N(C)[C@@H](C)C(=O)N[C@@H](CC(N)=O)C(=O)N2CCC[C@H]2C(=O)N[C@@H](Cc2c[nH]cn2)C(=O)N[C@@H](CCCCN)C(=O)N2C[C@H](O)C[C@H]2C(=O)C[C@@H](Cc2c[nH]c3ccccc23)C(=O)N[C@@H](CCCCN)C(=O)N[C@@H](Cc2c[nH]c3ccccc23)C(=O)N1C. The Morgan fingerprint density at radius 2 is 1.08 bits per heavy atom. The number of Topliss-reactive ketones (excluding diaryl/α,β-unsaturated/α-hetero) is 1. The maximum atomic E-state index is 15.9. The van der Waals surface area contributed by atoms with Crippen molar-refractivity contribution in [3.8, 4) is 5.75 Å². The Hall–Kier alpha value is -13.4. The molecule has 3 aliphatic heterocycles. The number of primary amides is 2. The Bertz CT molecular complexity index is 5270. The first-order valence-corrected chi connectivity index (χ1v) is 48.0. The van der Waals surface area contributed by atoms with Crippen molar-refractivity contribution in [2.24, 2.45) is 28.9 Å². The maximum Gasteiger partial charge on any atom is 0.303 e. The van der Waals surface area contributed by atoms with Gasteiger partial charge >= 0.3 is 5.97 Å². The summed E-state index contributed by atoms with van der Waals surface area (Å²) in [5.41, 5.74) is 26.3. The summed E-state index contributed by atoms with van der Waals surface area (Å²) in [5, 5.41) is 57.2. The van der Waals surface area contributed by atoms with Crippen molar-refractivity contribution in [2.45, 2.75) is 261 Å². The predicted octanol–water partition coefficient (Wildman–Crippen LogP) is -0.381. The number of aromatic nitrogens is 4. The number of imidazole rings is 1. The quantitative estimate of drug-likeness (QED) is 0.0256. The highest BCUT2D eigenvalue weighted by atomic mass is 32.2. The van der Waals surface area contributed by atoms with Crippen LogP contribution in [0.25, 0.3) is 21.8 Å². The van der Waals surface area contributed by atoms with Crippen molar-refractivity contribution in [3.05, 3.63) is 120 Å². The number of hydrogen-bond donors (Lipinski definition) is 19. The number of aromatic amines is 3. The lowest BCUT2D eigenvalue weighted by Gasteiger charge is -2.36. The molecule has 3 fully saturated rings. The number of H-pyrrole nitrogens is 3. The molecule has 3 aliphatic rings. The first kappa shape index (κ1) is 111. The fourth-order valence-electron chi connectivity index (χ4n) is 17.4. The maximum absolute atomic E-state index is 15.9. The van der Waals surface area contributed by atoms with Crippen molar-refractivity contribution in [3.63, 3.8) is 0 Å². The number of hydrogen-bond acceptors (Lipinski definition) is 24. The molecule has 44 heteroatoms. The van der Waals surface area contributed by atoms with Crippen molar-refractivity contribution < 1.29 is 102 Å². The molecule has 6 aromatic rings. The zero-order valence-corrected chi connectivity index (χ0v) is 79.5. The number of carboxylic acids is 1. The van der Waals surface area contributed by atoms with E-state index in [0.29, 0.717) is 82.4 Å². The molecule has 0 unspecified atom stereocenters. The van der Waals surface area contributed by atoms with Gasteiger partial charge in [-0.05, 0) is 138 Å². The molecule has 3 aromatic heterocycles. The van der Waals surface area contributed by atoms with Crippen molar-refractivity contribution in [1.82, 2.24) is 92.3 Å². The minimum absolute atomic E-state index is 0. The van der Waals surface area contributed by atoms with Crippen LogP contribution < -0.4 is 70.8 Å². The number of aromatic hydroxyl groups is 1. The smallest absolute Gasteiger partial charge is 0.303 e. The predicted molar refractivity (Wildman–Crippen MR) is 515 cm³/mol. The van der Waals surface area contributed by atoms with Gasteiger partial charge in [-0.1, -0.05) is 95.5 Å². The van der Waals surface area contributed by atoms with Gasteiger partial charge in [0.15, 0.2) is 5.78 Å². The van der Waals surface area contributed by atoms with Crippen molar-refractivity contribution in [2.75, 3.05) is 65.4 Å². The van der Waals surface area contributed by atoms with E-state index in [1.807, 2.05) is 26.0 Å². The molecule has 43 nitrogen and oxygen atoms in total. The zero-order valence-electron chi connectivity index (χ0n) is 78.7. The second-order valence-corrected chi connectivity index (χ2v) is 36.5. The third kappa shape index (κ3) is 31.6. The molecule has 6 heterocycles. The van der Waals surface area contributed by atoms with Gasteiger partial charge in [0.25, 0.3) is 0 Å². The number of unbranched alkanes of at least 4 members (excludes halogenated alkanes) is 4. The highest BCUT2D eigenvalue weighted by Crippen LogP contribution is 2.31. The minimum atomic E-state index is -1.79. The third-order valence-corrected chi connectivity index (χ3v) is 26.3. The number of carbonyl (C=O) groups excluding carboxylic acids is 17. The number of fused-ring (bicyclic) bond motifs is 4. The molecule has 0 saturated carbocycles. The summed E-state index contributed by atoms with van der Waals surface area (Å²) in [6.07, 6.45) is 3.30. The fraction of sp³-hybridized carbons (Fsp3) is 0.547. The van der Waals surface area contributed by atoms with Crippen LogP contribution in [0.3, 0.4) is 0 Å². The Kier molecular flexibility index (Phi) is 43.2. The number of aliphatic carboxylic acids is 1. The zero-order chi connectivity index (χ0) is 101. The van der Waals surface area contributed by atoms with Crippen LogP contribution in [0.2, 0.25) is 0 Å². The van der Waals surface area contributed by atoms with Crippen LogP contribution in [0.4, 0.5) is 0 Å². The number of amides is 16. The summed E-state index contributed by atoms with van der Waals surface area (Å²) in [7, 11) is 3.89. The van der Waals surface area contributed by atoms with Crippen molar-refractivity contribution in [1.29, 1.82) is 0 Å². The molecule has 0 bridgehead atoms. The molecular formula is C95H136N22O21S. The number of likely N-dealkylation sites (N-methyl/N-ethyl adjacent to an activating group) is 3. The Morgan fingerprint density at radius 1 is 0.532 bits per heavy atom. The number of carboxylic acid groups (broad SMARTS) is 1. The Balaban J connectivity index is 0.0000237. The standard InChI is InChI=1S/C94H132N22O21S.CH4/c1-7-9-26-73-88(131)106-66(33-34-81(123)124)86(129)111-72(84(127)102-48-79(98)121)50-138-51-80(122)104-69(38-54-29-31-59(117)32-30-54)90(133)112(4)53(3)82(125)109-71(44-78(97)120)93(136)115-37-19-28-74(115)89(132)108-68(42-58-47-99-52-103-58)87(130)107-67(25-16-18-36-96)92(135)116-49-60(118)43-76(116)77(119)41-55(39-56-45-100-63-22-13-11-20-61(56)63)83(126)105-65(24-15-17-35-95)85(128)110-70(40-57-46-101-64-23-14-12-21-62(57)64)91(134)114(6)75(27-10-8-2)94(137)113(73)5;/h11-14,20-23,29-32,45-47,52-53,55,60,65-76,100-101,117-118H,7-10,15-19,24-28,33-44,48-51,95-96H2,1-6H3,(H2,97,120)(H2,98,121)(H,99,103)(H,102,127)(H,104,122)(H,105,126)(H,106,131)(H,107,130)(H,108,132)(H,109,125)(H,110,128)(H,111,129)(H,123,124);1H4/t53-,55+,60+,65-,66-,67-,68-,69-,70-,71-,72-,73-,74-,75-,76-;/m0./s1. The number of rotatable bonds is 30. The van der Waals surface area contributed by atoms with E-state index in [9.17, 15) is 63.3 Å². The Morgan fingerprint density at radius 3 is 1.69 bits per heavy atom. The largest absolute Gasteiger partial charge is 0.508 e. The van der Waals surface area contributed by atoms with Gasteiger partial charge in [0.2, 0.25) is 94.5 Å². The number of nitrogens with one attached hydrogen (secondary N) is 12. The average molecular weight is 1950 g/mol. The summed E-state index contributed by atoms with van der Waals surface area (Å²) >= 11 is 0.716. The van der Waals surface area contributed by atoms with E-state index in [0.717, 1.165) is 19.6 Å². The summed E-state index contributed by atoms with van der Waals surface area (Å²) in [4.78, 5) is 283. The first-order valence-electron chi connectivity index (χ1n) is 46.9.